The molecule has 0 nitrogen and oxygen atoms in total. The van der Waals surface area contributed by atoms with Gasteiger partial charge in [-0.15, -0.1) is 34.4 Å². The van der Waals surface area contributed by atoms with Crippen molar-refractivity contribution in [3.05, 3.63) is 71.5 Å². The van der Waals surface area contributed by atoms with Crippen LogP contribution >= 0.6 is 0 Å². The van der Waals surface area contributed by atoms with E-state index in [1.807, 2.05) is 0 Å². The Morgan fingerprint density at radius 1 is 0.731 bits per heavy atom. The second-order valence-corrected chi connectivity index (χ2v) is 6.58. The predicted molar refractivity (Wildman–Crippen MR) is 105 cm³/mol. The van der Waals surface area contributed by atoms with E-state index in [-0.39, 0.29) is 65.4 Å². The quantitative estimate of drug-likeness (QED) is 0.399. The monoisotopic (exact) mass is 496 g/mol. The van der Waals surface area contributed by atoms with Crippen molar-refractivity contribution >= 4 is 0 Å². The van der Waals surface area contributed by atoms with Crippen LogP contribution in [0.5, 0.6) is 0 Å². The van der Waals surface area contributed by atoms with Crippen LogP contribution in [0.25, 0.3) is 11.1 Å². The molecule has 0 N–H and O–H groups in total. The van der Waals surface area contributed by atoms with Gasteiger partial charge in [-0.25, -0.2) is 11.1 Å². The summed E-state index contributed by atoms with van der Waals surface area (Å²) < 4.78 is 0. The molecule has 0 aliphatic heterocycles. The fourth-order valence-corrected chi connectivity index (χ4v) is 3.62. The maximum Gasteiger partial charge on any atom is 0 e. The fourth-order valence-electron chi connectivity index (χ4n) is 3.62. The summed E-state index contributed by atoms with van der Waals surface area (Å²) >= 11 is 0. The van der Waals surface area contributed by atoms with Crippen LogP contribution < -0.4 is 0 Å². The van der Waals surface area contributed by atoms with E-state index in [9.17, 15) is 0 Å². The maximum absolute atomic E-state index is 4.01. The van der Waals surface area contributed by atoms with Gasteiger partial charge in [-0.05, 0) is 0 Å². The molecular weight excluding hydrogens is 466 g/mol. The molecule has 0 atom stereocenters. The van der Waals surface area contributed by atoms with Crippen LogP contribution in [0.1, 0.15) is 60.1 Å². The topological polar surface area (TPSA) is 0 Å². The summed E-state index contributed by atoms with van der Waals surface area (Å²) in [4.78, 5) is 0. The molecule has 0 aromatic heterocycles. The van der Waals surface area contributed by atoms with Crippen LogP contribution in [-0.2, 0) is 91.1 Å². The maximum atomic E-state index is 4.01. The van der Waals surface area contributed by atoms with Crippen molar-refractivity contribution < 1.29 is 65.4 Å². The molecule has 0 bridgehead atoms. The minimum Gasteiger partial charge on any atom is -0.343 e. The molecule has 2 aromatic carbocycles. The number of benzene rings is 2. The Bertz CT molecular complexity index is 640. The van der Waals surface area contributed by atoms with Crippen molar-refractivity contribution in [2.75, 3.05) is 0 Å². The summed E-state index contributed by atoms with van der Waals surface area (Å²) in [5, 5.41) is 0. The zero-order chi connectivity index (χ0) is 17.7. The van der Waals surface area contributed by atoms with E-state index in [1.165, 1.54) is 44.5 Å². The van der Waals surface area contributed by atoms with Crippen LogP contribution in [0.2, 0.25) is 0 Å². The third-order valence-electron chi connectivity index (χ3n) is 4.76. The summed E-state index contributed by atoms with van der Waals surface area (Å²) in [7, 11) is 0. The first-order valence-electron chi connectivity index (χ1n) is 9.23. The molecule has 2 radical (unpaired) electrons. The summed E-state index contributed by atoms with van der Waals surface area (Å²) in [6.07, 6.45) is 5.83. The first-order valence-corrected chi connectivity index (χ1v) is 9.23. The molecule has 0 heterocycles. The summed E-state index contributed by atoms with van der Waals surface area (Å²) in [5.74, 6) is 0. The van der Waals surface area contributed by atoms with Gasteiger partial charge in [0, 0.05) is 65.4 Å². The summed E-state index contributed by atoms with van der Waals surface area (Å²) in [5.41, 5.74) is 10.6. The van der Waals surface area contributed by atoms with E-state index in [4.69, 9.17) is 0 Å². The third kappa shape index (κ3) is 6.33. The molecule has 26 heavy (non-hydrogen) atoms. The van der Waals surface area contributed by atoms with Gasteiger partial charge in [0.15, 0.2) is 0 Å². The van der Waals surface area contributed by atoms with Crippen molar-refractivity contribution in [2.24, 2.45) is 0 Å². The van der Waals surface area contributed by atoms with Crippen molar-refractivity contribution in [3.8, 4) is 11.1 Å². The van der Waals surface area contributed by atoms with E-state index in [0.29, 0.717) is 0 Å². The van der Waals surface area contributed by atoms with Crippen LogP contribution in [0, 0.1) is 39.8 Å². The fraction of sp³-hybridized carbons (Fsp3) is 0.417. The van der Waals surface area contributed by atoms with Gasteiger partial charge in [0.2, 0.25) is 0 Å². The Hall–Kier alpha value is 0.648. The van der Waals surface area contributed by atoms with Gasteiger partial charge in [-0.2, -0.15) is 36.1 Å². The standard InChI is InChI=1S/C24H30.2Y/c1-7-11-19-13-17(5)21(9-3)23(15-19)24-16-20(12-8-2)14-18(6)22(24)10-4;;/h13-14H,1-2,7-12H2,3-6H3;;/q-4;;. The molecule has 2 rings (SSSR count). The van der Waals surface area contributed by atoms with Gasteiger partial charge in [0.05, 0.1) is 0 Å². The molecule has 0 spiro atoms. The third-order valence-corrected chi connectivity index (χ3v) is 4.76. The number of rotatable bonds is 7. The van der Waals surface area contributed by atoms with Crippen molar-refractivity contribution in [1.82, 2.24) is 0 Å². The Kier molecular flexibility index (Phi) is 13.3. The number of aryl methyl sites for hydroxylation is 4. The second kappa shape index (κ2) is 13.0. The van der Waals surface area contributed by atoms with Crippen molar-refractivity contribution in [1.29, 1.82) is 0 Å². The zero-order valence-electron chi connectivity index (χ0n) is 17.0. The van der Waals surface area contributed by atoms with Gasteiger partial charge >= 0.3 is 0 Å². The van der Waals surface area contributed by atoms with Gasteiger partial charge < -0.3 is 13.8 Å². The summed E-state index contributed by atoms with van der Waals surface area (Å²) in [6, 6.07) is 12.0. The van der Waals surface area contributed by atoms with Crippen molar-refractivity contribution in [2.45, 2.75) is 66.2 Å². The normalized spacial score (nSPS) is 10.2. The van der Waals surface area contributed by atoms with E-state index in [0.717, 1.165) is 38.5 Å². The SMILES string of the molecule is [CH2-]CCc1[c-]c(-c2[c-]c(CC[CH2-])cc(C)c2CC)c(CC)c(C)c1.[Y].[Y]. The minimum atomic E-state index is 0. The molecule has 2 aromatic rings. The zero-order valence-corrected chi connectivity index (χ0v) is 22.6. The van der Waals surface area contributed by atoms with Crippen LogP contribution in [0.3, 0.4) is 0 Å². The Balaban J connectivity index is 0.00000312. The number of hydrogen-bond donors (Lipinski definition) is 0. The average Bonchev–Trinajstić information content (AvgIpc) is 2.54. The largest absolute Gasteiger partial charge is 0.343 e. The predicted octanol–water partition coefficient (Wildman–Crippen LogP) is 6.22. The van der Waals surface area contributed by atoms with E-state index in [1.54, 1.807) is 0 Å². The molecule has 0 saturated carbocycles. The van der Waals surface area contributed by atoms with E-state index >= 15 is 0 Å². The minimum absolute atomic E-state index is 0. The second-order valence-electron chi connectivity index (χ2n) is 6.58. The number of hydrogen-bond acceptors (Lipinski definition) is 0. The first-order chi connectivity index (χ1) is 11.5. The van der Waals surface area contributed by atoms with Crippen LogP contribution in [0.4, 0.5) is 0 Å². The summed E-state index contributed by atoms with van der Waals surface area (Å²) in [6.45, 7) is 16.9. The van der Waals surface area contributed by atoms with Gasteiger partial charge in [0.1, 0.15) is 0 Å². The Labute approximate surface area is 212 Å². The van der Waals surface area contributed by atoms with Crippen LogP contribution in [-0.4, -0.2) is 0 Å². The van der Waals surface area contributed by atoms with E-state index < -0.39 is 0 Å². The molecule has 0 saturated heterocycles. The average molecular weight is 496 g/mol. The van der Waals surface area contributed by atoms with Crippen LogP contribution in [0.15, 0.2) is 12.1 Å². The molecule has 0 unspecified atom stereocenters. The molecule has 0 aliphatic carbocycles. The van der Waals surface area contributed by atoms with Gasteiger partial charge in [0.25, 0.3) is 0 Å². The molecule has 136 valence electrons. The molecular formula is C24H30Y2-4. The van der Waals surface area contributed by atoms with Gasteiger partial charge in [-0.3, -0.25) is 0 Å². The van der Waals surface area contributed by atoms with Crippen molar-refractivity contribution in [3.63, 3.8) is 0 Å². The van der Waals surface area contributed by atoms with Gasteiger partial charge in [-0.1, -0.05) is 53.4 Å². The molecule has 0 aliphatic rings. The Morgan fingerprint density at radius 2 is 1.08 bits per heavy atom. The molecule has 0 amide bonds. The van der Waals surface area contributed by atoms with E-state index in [2.05, 4.69) is 65.8 Å². The molecule has 2 heteroatoms. The first kappa shape index (κ1) is 26.6. The molecule has 0 fully saturated rings. The smallest absolute Gasteiger partial charge is 0 e. The Morgan fingerprint density at radius 3 is 1.35 bits per heavy atom.